The van der Waals surface area contributed by atoms with Crippen LogP contribution in [-0.4, -0.2) is 70.0 Å². The third-order valence-corrected chi connectivity index (χ3v) is 7.60. The molecule has 200 valence electrons. The monoisotopic (exact) mass is 539 g/mol. The molecule has 5 heterocycles. The number of benzene rings is 2. The number of rotatable bonds is 5. The van der Waals surface area contributed by atoms with Crippen LogP contribution in [-0.2, 0) is 35.0 Å². The van der Waals surface area contributed by atoms with Gasteiger partial charge in [-0.25, -0.2) is 9.97 Å². The molecule has 9 nitrogen and oxygen atoms in total. The summed E-state index contributed by atoms with van der Waals surface area (Å²) in [5.74, 6) is -1.43. The van der Waals surface area contributed by atoms with Crippen molar-refractivity contribution in [2.75, 3.05) is 13.2 Å². The van der Waals surface area contributed by atoms with E-state index in [2.05, 4.69) is 4.57 Å². The van der Waals surface area contributed by atoms with E-state index in [0.29, 0.717) is 24.8 Å². The van der Waals surface area contributed by atoms with E-state index < -0.39 is 24.0 Å². The van der Waals surface area contributed by atoms with Gasteiger partial charge < -0.3 is 33.0 Å². The van der Waals surface area contributed by atoms with E-state index in [1.807, 2.05) is 70.2 Å². The van der Waals surface area contributed by atoms with Crippen LogP contribution in [0.4, 0.5) is 0 Å². The van der Waals surface area contributed by atoms with Crippen LogP contribution in [0.1, 0.15) is 27.7 Å². The van der Waals surface area contributed by atoms with E-state index in [0.717, 1.165) is 33.1 Å². The lowest BCUT2D eigenvalue weighted by Crippen LogP contribution is -2.44. The van der Waals surface area contributed by atoms with Gasteiger partial charge in [0.1, 0.15) is 29.9 Å². The fourth-order valence-electron chi connectivity index (χ4n) is 5.78. The number of ether oxygens (including phenoxy) is 6. The maximum absolute atomic E-state index is 6.53. The van der Waals surface area contributed by atoms with Crippen molar-refractivity contribution in [3.63, 3.8) is 0 Å². The summed E-state index contributed by atoms with van der Waals surface area (Å²) >= 11 is 6.37. The van der Waals surface area contributed by atoms with Crippen LogP contribution in [0.25, 0.3) is 33.1 Å². The molecule has 0 radical (unpaired) electrons. The van der Waals surface area contributed by atoms with Gasteiger partial charge in [-0.3, -0.25) is 0 Å². The first-order valence-corrected chi connectivity index (χ1v) is 13.3. The lowest BCUT2D eigenvalue weighted by Gasteiger charge is -2.29. The van der Waals surface area contributed by atoms with E-state index in [-0.39, 0.29) is 18.3 Å². The Morgan fingerprint density at radius 1 is 0.974 bits per heavy atom. The quantitative estimate of drug-likeness (QED) is 0.357. The summed E-state index contributed by atoms with van der Waals surface area (Å²) in [5, 5.41) is 1.61. The number of hydrogen-bond acceptors (Lipinski definition) is 8. The molecule has 3 aliphatic rings. The van der Waals surface area contributed by atoms with Gasteiger partial charge >= 0.3 is 0 Å². The zero-order valence-corrected chi connectivity index (χ0v) is 22.5. The summed E-state index contributed by atoms with van der Waals surface area (Å²) in [5.41, 5.74) is 4.28. The smallest absolute Gasteiger partial charge is 0.190 e. The molecular weight excluding hydrogens is 510 g/mol. The van der Waals surface area contributed by atoms with E-state index in [4.69, 9.17) is 50.0 Å². The summed E-state index contributed by atoms with van der Waals surface area (Å²) in [4.78, 5) is 9.88. The van der Waals surface area contributed by atoms with Crippen molar-refractivity contribution in [3.05, 3.63) is 47.5 Å². The van der Waals surface area contributed by atoms with Gasteiger partial charge in [-0.15, -0.1) is 0 Å². The first kappa shape index (κ1) is 24.7. The molecule has 0 bridgehead atoms. The number of para-hydroxylation sites is 2. The highest BCUT2D eigenvalue weighted by molar-refractivity contribution is 6.31. The lowest BCUT2D eigenvalue weighted by atomic mass is 10.1. The van der Waals surface area contributed by atoms with Crippen molar-refractivity contribution in [2.24, 2.45) is 0 Å². The van der Waals surface area contributed by atoms with Crippen LogP contribution in [0.3, 0.4) is 0 Å². The standard InChI is InChI=1S/C28H30ClN3O6/c1-27(2)34-14-20(36-27)22-23(24-26(35-22)38-28(3,4)37-24)33-12-11-32-19-10-9-15(29)13-16(19)21-25(32)31-18-8-6-5-7-17(18)30-21/h5-10,13,20,22-24,26H,11-12,14H2,1-4H3. The SMILES string of the molecule is CC1(C)OCC(C2OC3OC(C)(C)OC3C2OCCn2c3ccc(Cl)cc3c3nc4ccccc4nc32)O1. The van der Waals surface area contributed by atoms with Gasteiger partial charge in [-0.05, 0) is 58.0 Å². The first-order valence-electron chi connectivity index (χ1n) is 13.0. The zero-order chi connectivity index (χ0) is 26.2. The van der Waals surface area contributed by atoms with Crippen LogP contribution < -0.4 is 0 Å². The van der Waals surface area contributed by atoms with E-state index in [1.165, 1.54) is 0 Å². The van der Waals surface area contributed by atoms with Gasteiger partial charge in [-0.1, -0.05) is 23.7 Å². The maximum Gasteiger partial charge on any atom is 0.190 e. The molecular formula is C28H30ClN3O6. The summed E-state index contributed by atoms with van der Waals surface area (Å²) < 4.78 is 39.1. The van der Waals surface area contributed by atoms with Gasteiger partial charge in [0.15, 0.2) is 23.5 Å². The van der Waals surface area contributed by atoms with Crippen molar-refractivity contribution >= 4 is 44.7 Å². The molecule has 4 aromatic rings. The van der Waals surface area contributed by atoms with E-state index in [9.17, 15) is 0 Å². The third kappa shape index (κ3) is 4.17. The second-order valence-electron chi connectivity index (χ2n) is 11.0. The number of aromatic nitrogens is 3. The molecule has 3 saturated heterocycles. The molecule has 10 heteroatoms. The molecule has 38 heavy (non-hydrogen) atoms. The third-order valence-electron chi connectivity index (χ3n) is 7.36. The highest BCUT2D eigenvalue weighted by Crippen LogP contribution is 2.42. The minimum absolute atomic E-state index is 0.288. The molecule has 3 fully saturated rings. The van der Waals surface area contributed by atoms with E-state index >= 15 is 0 Å². The Morgan fingerprint density at radius 3 is 2.53 bits per heavy atom. The molecule has 0 amide bonds. The molecule has 0 N–H and O–H groups in total. The van der Waals surface area contributed by atoms with Crippen molar-refractivity contribution in [3.8, 4) is 0 Å². The van der Waals surface area contributed by atoms with Crippen LogP contribution in [0.5, 0.6) is 0 Å². The van der Waals surface area contributed by atoms with Crippen LogP contribution >= 0.6 is 11.6 Å². The second-order valence-corrected chi connectivity index (χ2v) is 11.4. The molecule has 0 aliphatic carbocycles. The number of halogens is 1. The Labute approximate surface area is 224 Å². The largest absolute Gasteiger partial charge is 0.371 e. The first-order chi connectivity index (χ1) is 18.2. The number of fused-ring (bicyclic) bond motifs is 5. The maximum atomic E-state index is 6.53. The summed E-state index contributed by atoms with van der Waals surface area (Å²) in [7, 11) is 0. The zero-order valence-electron chi connectivity index (χ0n) is 21.7. The number of nitrogens with zero attached hydrogens (tertiary/aromatic N) is 3. The van der Waals surface area contributed by atoms with Crippen LogP contribution in [0.15, 0.2) is 42.5 Å². The van der Waals surface area contributed by atoms with Gasteiger partial charge in [0.25, 0.3) is 0 Å². The normalized spacial score (nSPS) is 30.1. The Balaban J connectivity index is 1.19. The molecule has 2 aromatic carbocycles. The summed E-state index contributed by atoms with van der Waals surface area (Å²) in [6.07, 6.45) is -1.96. The lowest BCUT2D eigenvalue weighted by molar-refractivity contribution is -0.236. The average Bonchev–Trinajstić information content (AvgIpc) is 3.56. The summed E-state index contributed by atoms with van der Waals surface area (Å²) in [6, 6.07) is 13.7. The number of hydrogen-bond donors (Lipinski definition) is 0. The molecule has 7 rings (SSSR count). The fourth-order valence-corrected chi connectivity index (χ4v) is 5.96. The van der Waals surface area contributed by atoms with Crippen molar-refractivity contribution < 1.29 is 28.4 Å². The van der Waals surface area contributed by atoms with Crippen LogP contribution in [0.2, 0.25) is 5.02 Å². The Kier molecular flexibility index (Phi) is 5.72. The molecule has 3 aliphatic heterocycles. The average molecular weight is 540 g/mol. The highest BCUT2D eigenvalue weighted by Gasteiger charge is 2.58. The molecule has 0 spiro atoms. The van der Waals surface area contributed by atoms with E-state index in [1.54, 1.807) is 0 Å². The van der Waals surface area contributed by atoms with Crippen molar-refractivity contribution in [2.45, 2.75) is 76.5 Å². The molecule has 0 saturated carbocycles. The highest BCUT2D eigenvalue weighted by atomic mass is 35.5. The van der Waals surface area contributed by atoms with Crippen molar-refractivity contribution in [1.29, 1.82) is 0 Å². The minimum Gasteiger partial charge on any atom is -0.371 e. The predicted octanol–water partition coefficient (Wildman–Crippen LogP) is 4.80. The predicted molar refractivity (Wildman–Crippen MR) is 141 cm³/mol. The van der Waals surface area contributed by atoms with Crippen molar-refractivity contribution in [1.82, 2.24) is 14.5 Å². The van der Waals surface area contributed by atoms with Gasteiger partial charge in [0, 0.05) is 17.0 Å². The summed E-state index contributed by atoms with van der Waals surface area (Å²) in [6.45, 7) is 8.91. The van der Waals surface area contributed by atoms with Gasteiger partial charge in [0.2, 0.25) is 0 Å². The topological polar surface area (TPSA) is 86.1 Å². The second kappa shape index (κ2) is 8.82. The van der Waals surface area contributed by atoms with Gasteiger partial charge in [0.05, 0.1) is 29.8 Å². The van der Waals surface area contributed by atoms with Gasteiger partial charge in [-0.2, -0.15) is 0 Å². The fraction of sp³-hybridized carbons (Fsp3) is 0.500. The molecule has 5 atom stereocenters. The Morgan fingerprint density at radius 2 is 1.76 bits per heavy atom. The Hall–Kier alpha value is -2.37. The van der Waals surface area contributed by atoms with Crippen LogP contribution in [0, 0.1) is 0 Å². The molecule has 2 aromatic heterocycles. The minimum atomic E-state index is -0.753. The molecule has 5 unspecified atom stereocenters. The Bertz CT molecular complexity index is 1540.